The Labute approximate surface area is 186 Å². The van der Waals surface area contributed by atoms with Crippen LogP contribution in [0.4, 0.5) is 13.2 Å². The van der Waals surface area contributed by atoms with Gasteiger partial charge in [0.05, 0.1) is 20.2 Å². The molecule has 164 valence electrons. The Morgan fingerprint density at radius 1 is 0.806 bits per heavy atom. The lowest BCUT2D eigenvalue weighted by Gasteiger charge is -2.16. The van der Waals surface area contributed by atoms with E-state index in [2.05, 4.69) is 20.7 Å². The summed E-state index contributed by atoms with van der Waals surface area (Å²) in [6.07, 6.45) is -5.00. The number of alkyl halides is 3. The predicted octanol–water partition coefficient (Wildman–Crippen LogP) is 4.78. The zero-order valence-electron chi connectivity index (χ0n) is 15.6. The summed E-state index contributed by atoms with van der Waals surface area (Å²) in [5.74, 6) is 0. The molecule has 0 unspecified atom stereocenters. The summed E-state index contributed by atoms with van der Waals surface area (Å²) in [5, 5.41) is 0. The van der Waals surface area contributed by atoms with Gasteiger partial charge in [0.15, 0.2) is 0 Å². The first-order valence-corrected chi connectivity index (χ1v) is 12.4. The Hall–Kier alpha value is -2.21. The summed E-state index contributed by atoms with van der Waals surface area (Å²) in [7, 11) is -8.91. The molecule has 3 aromatic carbocycles. The molecule has 1 N–H and O–H groups in total. The van der Waals surface area contributed by atoms with Gasteiger partial charge in [0.25, 0.3) is 0 Å². The van der Waals surface area contributed by atoms with Crippen molar-refractivity contribution in [3.63, 3.8) is 0 Å². The van der Waals surface area contributed by atoms with Gasteiger partial charge in [-0.15, -0.1) is 0 Å². The zero-order chi connectivity index (χ0) is 22.9. The van der Waals surface area contributed by atoms with Crippen molar-refractivity contribution in [3.05, 3.63) is 88.4 Å². The highest BCUT2D eigenvalue weighted by atomic mass is 79.9. The minimum Gasteiger partial charge on any atom is -0.219 e. The molecule has 31 heavy (non-hydrogen) atoms. The molecule has 0 fully saturated rings. The van der Waals surface area contributed by atoms with Gasteiger partial charge in [-0.2, -0.15) is 13.2 Å². The van der Waals surface area contributed by atoms with Crippen molar-refractivity contribution < 1.29 is 30.0 Å². The van der Waals surface area contributed by atoms with Gasteiger partial charge >= 0.3 is 6.18 Å². The summed E-state index contributed by atoms with van der Waals surface area (Å²) in [5.41, 5.74) is -0.948. The standard InChI is InChI=1S/C20H15BrF3NO4S2/c21-15-8-6-14(7-9-15)13-25-31(28,29)19-12-17(10-11-18(19)20(22,23)24)30(26,27)16-4-2-1-3-5-16/h1-12,25H,13H2. The quantitative estimate of drug-likeness (QED) is 0.494. The normalized spacial score (nSPS) is 12.6. The van der Waals surface area contributed by atoms with E-state index in [9.17, 15) is 30.0 Å². The Balaban J connectivity index is 2.06. The molecule has 3 aromatic rings. The Morgan fingerprint density at radius 2 is 1.42 bits per heavy atom. The third kappa shape index (κ3) is 5.35. The molecule has 0 aromatic heterocycles. The monoisotopic (exact) mass is 533 g/mol. The number of rotatable bonds is 6. The van der Waals surface area contributed by atoms with Crippen molar-refractivity contribution in [2.24, 2.45) is 0 Å². The van der Waals surface area contributed by atoms with Crippen molar-refractivity contribution in [2.75, 3.05) is 0 Å². The van der Waals surface area contributed by atoms with Crippen LogP contribution in [-0.2, 0) is 32.6 Å². The fourth-order valence-corrected chi connectivity index (χ4v) is 5.63. The number of sulfone groups is 1. The van der Waals surface area contributed by atoms with E-state index in [0.29, 0.717) is 17.7 Å². The third-order valence-corrected chi connectivity index (χ3v) is 8.03. The lowest BCUT2D eigenvalue weighted by Crippen LogP contribution is -2.26. The van der Waals surface area contributed by atoms with Crippen molar-refractivity contribution in [3.8, 4) is 0 Å². The largest absolute Gasteiger partial charge is 0.417 e. The van der Waals surface area contributed by atoms with Gasteiger partial charge in [0.2, 0.25) is 19.9 Å². The molecule has 0 atom stereocenters. The highest BCUT2D eigenvalue weighted by molar-refractivity contribution is 9.10. The topological polar surface area (TPSA) is 80.3 Å². The summed E-state index contributed by atoms with van der Waals surface area (Å²) in [4.78, 5) is -1.88. The molecule has 3 rings (SSSR count). The van der Waals surface area contributed by atoms with Crippen LogP contribution in [0.25, 0.3) is 0 Å². The smallest absolute Gasteiger partial charge is 0.219 e. The van der Waals surface area contributed by atoms with E-state index < -0.39 is 41.4 Å². The molecular formula is C20H15BrF3NO4S2. The Morgan fingerprint density at radius 3 is 2.00 bits per heavy atom. The maximum Gasteiger partial charge on any atom is 0.417 e. The average molecular weight is 534 g/mol. The first kappa shape index (κ1) is 23.5. The summed E-state index contributed by atoms with van der Waals surface area (Å²) in [6, 6.07) is 15.3. The van der Waals surface area contributed by atoms with Crippen LogP contribution in [0.5, 0.6) is 0 Å². The van der Waals surface area contributed by atoms with Crippen LogP contribution >= 0.6 is 15.9 Å². The molecule has 0 spiro atoms. The summed E-state index contributed by atoms with van der Waals surface area (Å²) < 4.78 is 94.4. The predicted molar refractivity (Wildman–Crippen MR) is 112 cm³/mol. The maximum atomic E-state index is 13.5. The zero-order valence-corrected chi connectivity index (χ0v) is 18.8. The minimum absolute atomic E-state index is 0.166. The first-order chi connectivity index (χ1) is 14.4. The molecule has 11 heteroatoms. The number of nitrogens with one attached hydrogen (secondary N) is 1. The van der Waals surface area contributed by atoms with E-state index in [1.807, 2.05) is 0 Å². The van der Waals surface area contributed by atoms with E-state index in [1.165, 1.54) is 24.3 Å². The van der Waals surface area contributed by atoms with Gasteiger partial charge in [0, 0.05) is 11.0 Å². The molecule has 0 saturated carbocycles. The summed E-state index contributed by atoms with van der Waals surface area (Å²) in [6.45, 7) is -0.275. The van der Waals surface area contributed by atoms with Crippen molar-refractivity contribution >= 4 is 35.8 Å². The minimum atomic E-state index is -5.00. The molecular weight excluding hydrogens is 519 g/mol. The van der Waals surface area contributed by atoms with E-state index in [-0.39, 0.29) is 11.4 Å². The van der Waals surface area contributed by atoms with Gasteiger partial charge in [-0.3, -0.25) is 0 Å². The van der Waals surface area contributed by atoms with Gasteiger partial charge in [-0.1, -0.05) is 46.3 Å². The highest BCUT2D eigenvalue weighted by Gasteiger charge is 2.38. The second-order valence-electron chi connectivity index (χ2n) is 6.42. The lowest BCUT2D eigenvalue weighted by atomic mass is 10.2. The van der Waals surface area contributed by atoms with Crippen molar-refractivity contribution in [2.45, 2.75) is 27.4 Å². The SMILES string of the molecule is O=S(=O)(NCc1ccc(Br)cc1)c1cc(S(=O)(=O)c2ccccc2)ccc1C(F)(F)F. The summed E-state index contributed by atoms with van der Waals surface area (Å²) >= 11 is 3.23. The van der Waals surface area contributed by atoms with Crippen molar-refractivity contribution in [1.82, 2.24) is 4.72 Å². The Kier molecular flexibility index (Phi) is 6.61. The molecule has 0 aliphatic heterocycles. The lowest BCUT2D eigenvalue weighted by molar-refractivity contribution is -0.139. The fourth-order valence-electron chi connectivity index (χ4n) is 2.72. The molecule has 0 bridgehead atoms. The van der Waals surface area contributed by atoms with E-state index in [0.717, 1.165) is 10.5 Å². The molecule has 0 aliphatic rings. The second-order valence-corrected chi connectivity index (χ2v) is 11.0. The number of hydrogen-bond acceptors (Lipinski definition) is 4. The van der Waals surface area contributed by atoms with Crippen molar-refractivity contribution in [1.29, 1.82) is 0 Å². The van der Waals surface area contributed by atoms with Crippen LogP contribution in [0.2, 0.25) is 0 Å². The third-order valence-electron chi connectivity index (χ3n) is 4.29. The maximum absolute atomic E-state index is 13.5. The molecule has 0 amide bonds. The molecule has 0 saturated heterocycles. The fraction of sp³-hybridized carbons (Fsp3) is 0.100. The van der Waals surface area contributed by atoms with Crippen LogP contribution in [0.15, 0.2) is 92.0 Å². The second kappa shape index (κ2) is 8.73. The van der Waals surface area contributed by atoms with Gasteiger partial charge in [0.1, 0.15) is 0 Å². The van der Waals surface area contributed by atoms with E-state index in [4.69, 9.17) is 0 Å². The van der Waals surface area contributed by atoms with Crippen LogP contribution < -0.4 is 4.72 Å². The van der Waals surface area contributed by atoms with E-state index in [1.54, 1.807) is 30.3 Å². The average Bonchev–Trinajstić information content (AvgIpc) is 2.73. The molecule has 5 nitrogen and oxygen atoms in total. The molecule has 0 aliphatic carbocycles. The van der Waals surface area contributed by atoms with Crippen LogP contribution in [0.1, 0.15) is 11.1 Å². The first-order valence-electron chi connectivity index (χ1n) is 8.67. The Bertz CT molecular complexity index is 1290. The number of benzene rings is 3. The van der Waals surface area contributed by atoms with Crippen LogP contribution in [-0.4, -0.2) is 16.8 Å². The van der Waals surface area contributed by atoms with Gasteiger partial charge in [-0.05, 0) is 48.0 Å². The number of sulfonamides is 1. The highest BCUT2D eigenvalue weighted by Crippen LogP contribution is 2.36. The number of halogens is 4. The van der Waals surface area contributed by atoms with Crippen LogP contribution in [0.3, 0.4) is 0 Å². The molecule has 0 radical (unpaired) electrons. The van der Waals surface area contributed by atoms with Gasteiger partial charge < -0.3 is 0 Å². The molecule has 0 heterocycles. The van der Waals surface area contributed by atoms with Crippen LogP contribution in [0, 0.1) is 0 Å². The van der Waals surface area contributed by atoms with Gasteiger partial charge in [-0.25, -0.2) is 21.6 Å². The van der Waals surface area contributed by atoms with E-state index >= 15 is 0 Å². The number of hydrogen-bond donors (Lipinski definition) is 1.